The van der Waals surface area contributed by atoms with Crippen molar-refractivity contribution in [1.29, 1.82) is 0 Å². The number of fused-ring (bicyclic) bond motifs is 1. The van der Waals surface area contributed by atoms with Gasteiger partial charge in [0, 0.05) is 32.7 Å². The topological polar surface area (TPSA) is 24.9 Å². The van der Waals surface area contributed by atoms with Gasteiger partial charge in [0.25, 0.3) is 0 Å². The van der Waals surface area contributed by atoms with Crippen molar-refractivity contribution in [2.24, 2.45) is 11.3 Å². The molecule has 0 aromatic carbocycles. The molecule has 5 rings (SSSR count). The number of hydrogen-bond acceptors (Lipinski definition) is 4. The highest BCUT2D eigenvalue weighted by Crippen LogP contribution is 2.50. The second kappa shape index (κ2) is 17.3. The van der Waals surface area contributed by atoms with E-state index in [4.69, 9.17) is 9.47 Å². The van der Waals surface area contributed by atoms with E-state index in [0.29, 0.717) is 12.2 Å². The Morgan fingerprint density at radius 2 is 1.48 bits per heavy atom. The Balaban J connectivity index is 0.000000442. The summed E-state index contributed by atoms with van der Waals surface area (Å²) in [5.74, 6) is 1.03. The predicted molar refractivity (Wildman–Crippen MR) is 137 cm³/mol. The minimum absolute atomic E-state index is 0.461. The van der Waals surface area contributed by atoms with E-state index in [9.17, 15) is 0 Å². The van der Waals surface area contributed by atoms with Crippen molar-refractivity contribution in [3.63, 3.8) is 0 Å². The van der Waals surface area contributed by atoms with Crippen LogP contribution in [0.5, 0.6) is 0 Å². The van der Waals surface area contributed by atoms with E-state index in [-0.39, 0.29) is 0 Å². The molecule has 3 aliphatic heterocycles. The number of nitrogens with zero attached hydrogens (tertiary/aromatic N) is 2. The molecule has 3 heterocycles. The Morgan fingerprint density at radius 3 is 1.84 bits per heavy atom. The highest BCUT2D eigenvalue weighted by Gasteiger charge is 2.52. The predicted octanol–water partition coefficient (Wildman–Crippen LogP) is 6.48. The van der Waals surface area contributed by atoms with Crippen LogP contribution in [0.25, 0.3) is 0 Å². The monoisotopic (exact) mass is 442 g/mol. The number of morpholine rings is 2. The van der Waals surface area contributed by atoms with Crippen LogP contribution in [-0.2, 0) is 9.47 Å². The Labute approximate surface area is 196 Å². The molecule has 2 aliphatic carbocycles. The van der Waals surface area contributed by atoms with E-state index in [2.05, 4.69) is 23.6 Å². The van der Waals surface area contributed by atoms with Gasteiger partial charge in [0.05, 0.1) is 31.5 Å². The minimum atomic E-state index is 0.461. The first-order chi connectivity index (χ1) is 15.2. The van der Waals surface area contributed by atoms with Gasteiger partial charge in [-0.15, -0.1) is 0 Å². The number of ether oxygens (including phenoxy) is 2. The molecule has 3 saturated heterocycles. The molecule has 0 aromatic heterocycles. The maximum atomic E-state index is 5.47. The molecule has 31 heavy (non-hydrogen) atoms. The summed E-state index contributed by atoms with van der Waals surface area (Å²) >= 11 is 0. The second-order valence-corrected chi connectivity index (χ2v) is 8.61. The molecule has 5 aliphatic rings. The van der Waals surface area contributed by atoms with Crippen LogP contribution in [0.3, 0.4) is 0 Å². The van der Waals surface area contributed by atoms with Crippen molar-refractivity contribution in [3.05, 3.63) is 0 Å². The summed E-state index contributed by atoms with van der Waals surface area (Å²) in [4.78, 5) is 5.18. The molecule has 0 aromatic rings. The van der Waals surface area contributed by atoms with E-state index < -0.39 is 0 Å². The first-order valence-electron chi connectivity index (χ1n) is 13.9. The SMILES string of the molecule is CC.CC.CC.CC.CC1CN(CC2CC2)CCO1.CCC1(CN2CC3OCC32)CC1. The first-order valence-corrected chi connectivity index (χ1v) is 13.9. The van der Waals surface area contributed by atoms with Gasteiger partial charge in [-0.05, 0) is 50.4 Å². The molecule has 5 fully saturated rings. The number of rotatable bonds is 5. The maximum Gasteiger partial charge on any atom is 0.0880 e. The zero-order valence-corrected chi connectivity index (χ0v) is 23.0. The Hall–Kier alpha value is -0.160. The van der Waals surface area contributed by atoms with Crippen LogP contribution in [-0.4, -0.2) is 74.0 Å². The van der Waals surface area contributed by atoms with Gasteiger partial charge in [-0.25, -0.2) is 0 Å². The van der Waals surface area contributed by atoms with Crippen molar-refractivity contribution >= 4 is 0 Å². The highest BCUT2D eigenvalue weighted by atomic mass is 16.5. The average Bonchev–Trinajstić information content (AvgIpc) is 3.75. The standard InChI is InChI=1S/C10H17NO.C9H17NO.4C2H6/c1-2-10(3-4-10)7-11-5-9-8(11)6-12-9;1-8-6-10(4-5-11-8)7-9-2-3-9;4*1-2/h8-9H,2-7H2,1H3;8-9H,2-7H2,1H3;4*1-2H3. The highest BCUT2D eigenvalue weighted by molar-refractivity contribution is 5.04. The average molecular weight is 443 g/mol. The summed E-state index contributed by atoms with van der Waals surface area (Å²) in [5.41, 5.74) is 0.737. The molecule has 0 amide bonds. The molecule has 3 atom stereocenters. The lowest BCUT2D eigenvalue weighted by molar-refractivity contribution is -0.218. The zero-order valence-electron chi connectivity index (χ0n) is 23.0. The van der Waals surface area contributed by atoms with Crippen molar-refractivity contribution < 1.29 is 9.47 Å². The van der Waals surface area contributed by atoms with Crippen LogP contribution in [0.15, 0.2) is 0 Å². The molecule has 4 heteroatoms. The lowest BCUT2D eigenvalue weighted by Crippen LogP contribution is -2.71. The second-order valence-electron chi connectivity index (χ2n) is 8.61. The third-order valence-corrected chi connectivity index (χ3v) is 6.58. The fourth-order valence-corrected chi connectivity index (χ4v) is 4.20. The summed E-state index contributed by atoms with van der Waals surface area (Å²) in [7, 11) is 0. The summed E-state index contributed by atoms with van der Waals surface area (Å²) < 4.78 is 10.9. The quantitative estimate of drug-likeness (QED) is 0.486. The Kier molecular flexibility index (Phi) is 17.2. The lowest BCUT2D eigenvalue weighted by Gasteiger charge is -2.55. The van der Waals surface area contributed by atoms with Gasteiger partial charge in [-0.2, -0.15) is 0 Å². The van der Waals surface area contributed by atoms with Gasteiger partial charge in [-0.3, -0.25) is 9.80 Å². The van der Waals surface area contributed by atoms with E-state index in [1.165, 1.54) is 51.7 Å². The van der Waals surface area contributed by atoms with Gasteiger partial charge >= 0.3 is 0 Å². The number of likely N-dealkylation sites (tertiary alicyclic amines) is 1. The molecule has 0 N–H and O–H groups in total. The van der Waals surface area contributed by atoms with Crippen LogP contribution >= 0.6 is 0 Å². The molecule has 0 radical (unpaired) electrons. The van der Waals surface area contributed by atoms with Gasteiger partial charge < -0.3 is 9.47 Å². The van der Waals surface area contributed by atoms with Crippen molar-refractivity contribution in [2.45, 2.75) is 120 Å². The normalized spacial score (nSPS) is 29.4. The van der Waals surface area contributed by atoms with Crippen LogP contribution in [0, 0.1) is 11.3 Å². The fraction of sp³-hybridized carbons (Fsp3) is 1.00. The lowest BCUT2D eigenvalue weighted by atomic mass is 9.91. The van der Waals surface area contributed by atoms with E-state index in [1.807, 2.05) is 55.4 Å². The molecule has 3 unspecified atom stereocenters. The summed E-state index contributed by atoms with van der Waals surface area (Å²) in [6.45, 7) is 28.6. The third kappa shape index (κ3) is 10.5. The summed E-state index contributed by atoms with van der Waals surface area (Å²) in [5, 5.41) is 0. The summed E-state index contributed by atoms with van der Waals surface area (Å²) in [6, 6.07) is 0.814. The van der Waals surface area contributed by atoms with E-state index in [1.54, 1.807) is 0 Å². The van der Waals surface area contributed by atoms with Crippen molar-refractivity contribution in [1.82, 2.24) is 9.80 Å². The molecular formula is C27H58N2O2. The maximum absolute atomic E-state index is 5.47. The Morgan fingerprint density at radius 1 is 0.871 bits per heavy atom. The fourth-order valence-electron chi connectivity index (χ4n) is 4.20. The van der Waals surface area contributed by atoms with Gasteiger partial charge in [-0.1, -0.05) is 62.3 Å². The van der Waals surface area contributed by atoms with Gasteiger partial charge in [0.15, 0.2) is 0 Å². The van der Waals surface area contributed by atoms with Crippen LogP contribution in [0.4, 0.5) is 0 Å². The van der Waals surface area contributed by atoms with Gasteiger partial charge in [0.2, 0.25) is 0 Å². The molecule has 188 valence electrons. The molecule has 0 bridgehead atoms. The molecule has 0 spiro atoms. The first kappa shape index (κ1) is 30.8. The van der Waals surface area contributed by atoms with Crippen LogP contribution in [0.2, 0.25) is 0 Å². The zero-order chi connectivity index (χ0) is 23.9. The van der Waals surface area contributed by atoms with Crippen molar-refractivity contribution in [2.75, 3.05) is 45.9 Å². The van der Waals surface area contributed by atoms with Crippen molar-refractivity contribution in [3.8, 4) is 0 Å². The summed E-state index contributed by atoms with van der Waals surface area (Å²) in [6.07, 6.45) is 8.33. The molecular weight excluding hydrogens is 384 g/mol. The van der Waals surface area contributed by atoms with Crippen LogP contribution in [0.1, 0.15) is 101 Å². The van der Waals surface area contributed by atoms with Gasteiger partial charge in [0.1, 0.15) is 0 Å². The number of hydrogen-bond donors (Lipinski definition) is 0. The Bertz CT molecular complexity index is 408. The molecule has 4 nitrogen and oxygen atoms in total. The van der Waals surface area contributed by atoms with Crippen LogP contribution < -0.4 is 0 Å². The largest absolute Gasteiger partial charge is 0.376 e. The smallest absolute Gasteiger partial charge is 0.0880 e. The third-order valence-electron chi connectivity index (χ3n) is 6.58. The molecule has 2 saturated carbocycles. The van der Waals surface area contributed by atoms with E-state index >= 15 is 0 Å². The minimum Gasteiger partial charge on any atom is -0.376 e. The van der Waals surface area contributed by atoms with E-state index in [0.717, 1.165) is 43.7 Å².